The van der Waals surface area contributed by atoms with E-state index in [2.05, 4.69) is 15.2 Å². The highest BCUT2D eigenvalue weighted by molar-refractivity contribution is 5.95. The van der Waals surface area contributed by atoms with Crippen molar-refractivity contribution in [3.05, 3.63) is 106 Å². The van der Waals surface area contributed by atoms with E-state index in [9.17, 15) is 14.7 Å². The second-order valence-corrected chi connectivity index (χ2v) is 10.7. The first-order chi connectivity index (χ1) is 19.8. The Hall–Kier alpha value is -4.32. The fourth-order valence-electron chi connectivity index (χ4n) is 5.43. The maximum absolute atomic E-state index is 13.5. The first-order valence-corrected chi connectivity index (χ1v) is 13.6. The summed E-state index contributed by atoms with van der Waals surface area (Å²) in [6.45, 7) is 1.25. The zero-order chi connectivity index (χ0) is 28.6. The van der Waals surface area contributed by atoms with Crippen LogP contribution in [0.5, 0.6) is 0 Å². The number of piperidine rings is 1. The highest BCUT2D eigenvalue weighted by Gasteiger charge is 2.36. The maximum Gasteiger partial charge on any atom is 0.296 e. The number of hydrogen-bond acceptors (Lipinski definition) is 7. The van der Waals surface area contributed by atoms with E-state index >= 15 is 0 Å². The number of imidazole rings is 1. The number of carbonyl (C=O) groups is 1. The number of halogens is 1. The molecule has 0 aliphatic carbocycles. The van der Waals surface area contributed by atoms with Gasteiger partial charge >= 0.3 is 0 Å². The number of aromatic nitrogens is 6. The zero-order valence-electron chi connectivity index (χ0n) is 23.3. The molecule has 6 rings (SSSR count). The molecule has 3 aromatic heterocycles. The lowest BCUT2D eigenvalue weighted by Gasteiger charge is -2.38. The van der Waals surface area contributed by atoms with E-state index < -0.39 is 5.60 Å². The molecule has 1 saturated heterocycles. The van der Waals surface area contributed by atoms with Gasteiger partial charge in [0.1, 0.15) is 6.33 Å². The molecule has 0 radical (unpaired) electrons. The number of hydrogen-bond donors (Lipinski definition) is 2. The molecule has 4 heterocycles. The first kappa shape index (κ1) is 29.2. The lowest BCUT2D eigenvalue weighted by atomic mass is 9.91. The van der Waals surface area contributed by atoms with Crippen LogP contribution in [0.1, 0.15) is 40.0 Å². The van der Waals surface area contributed by atoms with Crippen LogP contribution in [0.25, 0.3) is 16.9 Å². The third kappa shape index (κ3) is 5.71. The number of carbonyl (C=O) groups excluding carboxylic acids is 1. The van der Waals surface area contributed by atoms with Crippen molar-refractivity contribution in [2.24, 2.45) is 12.8 Å². The van der Waals surface area contributed by atoms with Crippen LogP contribution in [0, 0.1) is 0 Å². The molecule has 1 aliphatic rings. The van der Waals surface area contributed by atoms with Crippen LogP contribution in [-0.4, -0.2) is 63.5 Å². The van der Waals surface area contributed by atoms with Crippen molar-refractivity contribution in [3.8, 4) is 11.3 Å². The van der Waals surface area contributed by atoms with Crippen molar-refractivity contribution in [2.75, 3.05) is 13.1 Å². The number of amides is 1. The minimum atomic E-state index is -1.16. The molecule has 12 heteroatoms. The fourth-order valence-corrected chi connectivity index (χ4v) is 5.43. The minimum absolute atomic E-state index is 0. The zero-order valence-corrected chi connectivity index (χ0v) is 24.1. The molecule has 5 aromatic rings. The Morgan fingerprint density at radius 1 is 1.05 bits per heavy atom. The highest BCUT2D eigenvalue weighted by atomic mass is 35.5. The number of likely N-dealkylation sites (tertiary alicyclic amines) is 1. The smallest absolute Gasteiger partial charge is 0.296 e. The molecule has 3 N–H and O–H groups in total. The van der Waals surface area contributed by atoms with Crippen molar-refractivity contribution in [2.45, 2.75) is 38.0 Å². The van der Waals surface area contributed by atoms with Crippen LogP contribution < -0.4 is 11.3 Å². The molecule has 11 nitrogen and oxygen atoms in total. The second kappa shape index (κ2) is 11.9. The molecule has 1 amide bonds. The van der Waals surface area contributed by atoms with Gasteiger partial charge in [0, 0.05) is 44.9 Å². The van der Waals surface area contributed by atoms with E-state index in [0.717, 1.165) is 22.4 Å². The van der Waals surface area contributed by atoms with Gasteiger partial charge in [-0.15, -0.1) is 12.4 Å². The van der Waals surface area contributed by atoms with Gasteiger partial charge in [0.05, 0.1) is 35.3 Å². The molecule has 1 fully saturated rings. The molecular formula is C30H33ClN8O3. The van der Waals surface area contributed by atoms with Crippen LogP contribution in [0.2, 0.25) is 0 Å². The summed E-state index contributed by atoms with van der Waals surface area (Å²) in [5, 5.41) is 20.4. The summed E-state index contributed by atoms with van der Waals surface area (Å²) in [4.78, 5) is 32.8. The standard InChI is InChI=1S/C30H32N8O3.ClH/c1-35-18-24(25(34-35)15-21-5-3-2-4-6-21)28(39)36-13-11-30(41,12-14-36)19-37-20-33-38-26(17-32-27(38)29(37)40)23-9-7-22(16-31)8-10-23;/h2-10,17-18,20,41H,11-16,19,31H2,1H3;1H. The van der Waals surface area contributed by atoms with E-state index in [1.54, 1.807) is 22.0 Å². The van der Waals surface area contributed by atoms with Gasteiger partial charge in [-0.3, -0.25) is 18.8 Å². The van der Waals surface area contributed by atoms with E-state index in [1.165, 1.54) is 15.4 Å². The van der Waals surface area contributed by atoms with Crippen LogP contribution in [0.3, 0.4) is 0 Å². The van der Waals surface area contributed by atoms with Gasteiger partial charge in [0.15, 0.2) is 0 Å². The Labute approximate surface area is 248 Å². The third-order valence-corrected chi connectivity index (χ3v) is 7.78. The number of aryl methyl sites for hydroxylation is 1. The van der Waals surface area contributed by atoms with E-state index in [0.29, 0.717) is 50.2 Å². The molecule has 2 aromatic carbocycles. The fraction of sp³-hybridized carbons (Fsp3) is 0.300. The van der Waals surface area contributed by atoms with Crippen LogP contribution in [-0.2, 0) is 26.6 Å². The van der Waals surface area contributed by atoms with Crippen LogP contribution in [0.4, 0.5) is 0 Å². The molecule has 0 bridgehead atoms. The predicted octanol–water partition coefficient (Wildman–Crippen LogP) is 2.43. The first-order valence-electron chi connectivity index (χ1n) is 13.6. The summed E-state index contributed by atoms with van der Waals surface area (Å²) < 4.78 is 4.58. The summed E-state index contributed by atoms with van der Waals surface area (Å²) in [5.74, 6) is -0.101. The Morgan fingerprint density at radius 3 is 2.45 bits per heavy atom. The molecule has 218 valence electrons. The number of benzene rings is 2. The highest BCUT2D eigenvalue weighted by Crippen LogP contribution is 2.26. The third-order valence-electron chi connectivity index (χ3n) is 7.78. The predicted molar refractivity (Wildman–Crippen MR) is 160 cm³/mol. The van der Waals surface area contributed by atoms with Crippen molar-refractivity contribution in [1.82, 2.24) is 33.8 Å². The number of fused-ring (bicyclic) bond motifs is 1. The van der Waals surface area contributed by atoms with Gasteiger partial charge < -0.3 is 15.7 Å². The SMILES string of the molecule is Cl.Cn1cc(C(=O)N2CCC(O)(Cn3cnn4c(-c5ccc(CN)cc5)cnc4c3=O)CC2)c(Cc2ccccc2)n1. The molecule has 0 spiro atoms. The number of nitrogens with two attached hydrogens (primary N) is 1. The van der Waals surface area contributed by atoms with Crippen molar-refractivity contribution >= 4 is 24.0 Å². The Kier molecular flexibility index (Phi) is 8.26. The van der Waals surface area contributed by atoms with E-state index in [4.69, 9.17) is 5.73 Å². The summed E-state index contributed by atoms with van der Waals surface area (Å²) in [6, 6.07) is 17.6. The minimum Gasteiger partial charge on any atom is -0.388 e. The van der Waals surface area contributed by atoms with Crippen molar-refractivity contribution in [3.63, 3.8) is 0 Å². The summed E-state index contributed by atoms with van der Waals surface area (Å²) in [6.07, 6.45) is 6.04. The molecule has 0 saturated carbocycles. The molecular weight excluding hydrogens is 556 g/mol. The molecule has 0 atom stereocenters. The quantitative estimate of drug-likeness (QED) is 0.298. The monoisotopic (exact) mass is 588 g/mol. The van der Waals surface area contributed by atoms with Crippen LogP contribution >= 0.6 is 12.4 Å². The molecule has 42 heavy (non-hydrogen) atoms. The molecule has 0 unspecified atom stereocenters. The van der Waals surface area contributed by atoms with Gasteiger partial charge in [0.2, 0.25) is 5.65 Å². The van der Waals surface area contributed by atoms with Gasteiger partial charge in [-0.05, 0) is 24.0 Å². The van der Waals surface area contributed by atoms with E-state index in [1.807, 2.05) is 61.6 Å². The van der Waals surface area contributed by atoms with Crippen LogP contribution in [0.15, 0.2) is 78.1 Å². The lowest BCUT2D eigenvalue weighted by Crippen LogP contribution is -2.49. The number of nitrogens with zero attached hydrogens (tertiary/aromatic N) is 7. The Morgan fingerprint density at radius 2 is 1.76 bits per heavy atom. The number of rotatable bonds is 7. The Balaban J connectivity index is 0.00000353. The van der Waals surface area contributed by atoms with Crippen molar-refractivity contribution in [1.29, 1.82) is 0 Å². The summed E-state index contributed by atoms with van der Waals surface area (Å²) in [7, 11) is 1.81. The summed E-state index contributed by atoms with van der Waals surface area (Å²) >= 11 is 0. The van der Waals surface area contributed by atoms with Gasteiger partial charge in [0.25, 0.3) is 11.5 Å². The average molecular weight is 589 g/mol. The summed E-state index contributed by atoms with van der Waals surface area (Å²) in [5.41, 5.74) is 9.34. The average Bonchev–Trinajstić information content (AvgIpc) is 3.59. The van der Waals surface area contributed by atoms with Gasteiger partial charge in [-0.25, -0.2) is 9.50 Å². The van der Waals surface area contributed by atoms with E-state index in [-0.39, 0.29) is 36.1 Å². The van der Waals surface area contributed by atoms with Crippen molar-refractivity contribution < 1.29 is 9.90 Å². The normalized spacial score (nSPS) is 14.6. The topological polar surface area (TPSA) is 137 Å². The number of aliphatic hydroxyl groups is 1. The largest absolute Gasteiger partial charge is 0.388 e. The Bertz CT molecular complexity index is 1750. The van der Waals surface area contributed by atoms with Gasteiger partial charge in [-0.2, -0.15) is 10.2 Å². The van der Waals surface area contributed by atoms with Gasteiger partial charge in [-0.1, -0.05) is 54.6 Å². The lowest BCUT2D eigenvalue weighted by molar-refractivity contribution is -0.0300. The maximum atomic E-state index is 13.5. The molecule has 1 aliphatic heterocycles. The second-order valence-electron chi connectivity index (χ2n) is 10.7.